The van der Waals surface area contributed by atoms with E-state index in [1.807, 2.05) is 12.1 Å². The molecule has 1 aliphatic carbocycles. The molecule has 0 saturated heterocycles. The van der Waals surface area contributed by atoms with E-state index < -0.39 is 0 Å². The fourth-order valence-corrected chi connectivity index (χ4v) is 3.07. The summed E-state index contributed by atoms with van der Waals surface area (Å²) in [5.74, 6) is 0.355. The van der Waals surface area contributed by atoms with Gasteiger partial charge in [0.1, 0.15) is 5.75 Å². The Bertz CT molecular complexity index is 786. The van der Waals surface area contributed by atoms with Crippen molar-refractivity contribution in [3.05, 3.63) is 65.2 Å². The number of nitrogens with zero attached hydrogens (tertiary/aromatic N) is 1. The van der Waals surface area contributed by atoms with Gasteiger partial charge in [0.2, 0.25) is 0 Å². The van der Waals surface area contributed by atoms with Crippen LogP contribution < -0.4 is 10.1 Å². The van der Waals surface area contributed by atoms with Crippen molar-refractivity contribution in [3.8, 4) is 5.75 Å². The summed E-state index contributed by atoms with van der Waals surface area (Å²) in [6, 6.07) is 15.5. The summed E-state index contributed by atoms with van der Waals surface area (Å²) in [6.07, 6.45) is 3.09. The minimum Gasteiger partial charge on any atom is -0.497 e. The van der Waals surface area contributed by atoms with Gasteiger partial charge >= 0.3 is 0 Å². The lowest BCUT2D eigenvalue weighted by atomic mass is 9.88. The summed E-state index contributed by atoms with van der Waals surface area (Å²) in [6.45, 7) is 0. The van der Waals surface area contributed by atoms with Gasteiger partial charge < -0.3 is 9.47 Å². The molecule has 130 valence electrons. The maximum atomic E-state index is 12.4. The Morgan fingerprint density at radius 2 is 2.00 bits per heavy atom. The first-order chi connectivity index (χ1) is 12.2. The van der Waals surface area contributed by atoms with Crippen molar-refractivity contribution >= 4 is 11.9 Å². The van der Waals surface area contributed by atoms with Crippen LogP contribution in [0.25, 0.3) is 0 Å². The average Bonchev–Trinajstić information content (AvgIpc) is 2.67. The molecule has 0 aromatic heterocycles. The van der Waals surface area contributed by atoms with E-state index >= 15 is 0 Å². The second-order valence-corrected chi connectivity index (χ2v) is 5.93. The summed E-state index contributed by atoms with van der Waals surface area (Å²) in [5.41, 5.74) is 3.02. The van der Waals surface area contributed by atoms with Crippen molar-refractivity contribution in [2.45, 2.75) is 25.3 Å². The van der Waals surface area contributed by atoms with E-state index in [4.69, 9.17) is 9.47 Å². The maximum Gasteiger partial charge on any atom is 0.292 e. The number of hydrogen-bond acceptors (Lipinski definition) is 4. The number of methoxy groups -OCH3 is 2. The lowest BCUT2D eigenvalue weighted by Gasteiger charge is -2.23. The molecule has 1 amide bonds. The highest BCUT2D eigenvalue weighted by molar-refractivity contribution is 6.04. The van der Waals surface area contributed by atoms with Crippen LogP contribution in [-0.2, 0) is 11.2 Å². The third kappa shape index (κ3) is 3.99. The van der Waals surface area contributed by atoms with Crippen molar-refractivity contribution in [1.82, 2.24) is 5.32 Å². The fourth-order valence-electron chi connectivity index (χ4n) is 3.07. The van der Waals surface area contributed by atoms with E-state index in [1.165, 1.54) is 18.2 Å². The largest absolute Gasteiger partial charge is 0.497 e. The molecule has 1 aliphatic rings. The lowest BCUT2D eigenvalue weighted by Crippen LogP contribution is -2.32. The number of fused-ring (bicyclic) bond motifs is 1. The number of benzene rings is 2. The highest BCUT2D eigenvalue weighted by Gasteiger charge is 2.20. The monoisotopic (exact) mass is 338 g/mol. The van der Waals surface area contributed by atoms with E-state index in [1.54, 1.807) is 31.4 Å². The van der Waals surface area contributed by atoms with Gasteiger partial charge in [0.15, 0.2) is 0 Å². The van der Waals surface area contributed by atoms with Crippen molar-refractivity contribution in [2.24, 2.45) is 4.99 Å². The van der Waals surface area contributed by atoms with Gasteiger partial charge in [-0.1, -0.05) is 30.3 Å². The number of rotatable bonds is 3. The van der Waals surface area contributed by atoms with Gasteiger partial charge in [-0.25, -0.2) is 4.99 Å². The average molecular weight is 338 g/mol. The third-order valence-corrected chi connectivity index (χ3v) is 4.36. The SMILES string of the molecule is COC(=N[C@H]1CCCc2ccccc21)NC(=O)c1cccc(OC)c1. The topological polar surface area (TPSA) is 59.9 Å². The molecule has 3 rings (SSSR count). The number of amides is 1. The fraction of sp³-hybridized carbons (Fsp3) is 0.300. The Morgan fingerprint density at radius 1 is 1.16 bits per heavy atom. The second-order valence-electron chi connectivity index (χ2n) is 5.93. The molecule has 2 aromatic carbocycles. The number of aliphatic imine (C=N–C) groups is 1. The van der Waals surface area contributed by atoms with Crippen LogP contribution in [0.4, 0.5) is 0 Å². The Kier molecular flexibility index (Phi) is 5.33. The van der Waals surface area contributed by atoms with Crippen LogP contribution in [0.2, 0.25) is 0 Å². The normalized spacial score (nSPS) is 16.7. The number of carbonyl (C=O) groups excluding carboxylic acids is 1. The Labute approximate surface area is 147 Å². The van der Waals surface area contributed by atoms with Gasteiger partial charge in [-0.3, -0.25) is 10.1 Å². The highest BCUT2D eigenvalue weighted by atomic mass is 16.5. The van der Waals surface area contributed by atoms with Crippen molar-refractivity contribution < 1.29 is 14.3 Å². The third-order valence-electron chi connectivity index (χ3n) is 4.36. The van der Waals surface area contributed by atoms with Crippen LogP contribution in [0.15, 0.2) is 53.5 Å². The predicted molar refractivity (Wildman–Crippen MR) is 97.0 cm³/mol. The van der Waals surface area contributed by atoms with E-state index in [2.05, 4.69) is 22.4 Å². The van der Waals surface area contributed by atoms with E-state index in [-0.39, 0.29) is 18.0 Å². The van der Waals surface area contributed by atoms with Gasteiger partial charge in [-0.15, -0.1) is 0 Å². The first-order valence-corrected chi connectivity index (χ1v) is 8.36. The van der Waals surface area contributed by atoms with Gasteiger partial charge in [0.05, 0.1) is 20.3 Å². The Morgan fingerprint density at radius 3 is 2.80 bits per heavy atom. The smallest absolute Gasteiger partial charge is 0.292 e. The Balaban J connectivity index is 1.78. The molecule has 0 aliphatic heterocycles. The molecule has 0 saturated carbocycles. The standard InChI is InChI=1S/C20H22N2O3/c1-24-16-10-5-9-15(13-16)19(23)22-20(25-2)21-18-12-6-8-14-7-3-4-11-17(14)18/h3-5,7,9-11,13,18H,6,8,12H2,1-2H3,(H,21,22,23)/t18-/m0/s1. The zero-order valence-electron chi connectivity index (χ0n) is 14.5. The van der Waals surface area contributed by atoms with Crippen LogP contribution in [0.3, 0.4) is 0 Å². The van der Waals surface area contributed by atoms with Gasteiger partial charge in [0, 0.05) is 5.56 Å². The number of hydrogen-bond donors (Lipinski definition) is 1. The van der Waals surface area contributed by atoms with Gasteiger partial charge in [-0.05, 0) is 48.6 Å². The molecular weight excluding hydrogens is 316 g/mol. The molecule has 0 unspecified atom stereocenters. The zero-order chi connectivity index (χ0) is 17.6. The number of ether oxygens (including phenoxy) is 2. The Hall–Kier alpha value is -2.82. The minimum absolute atomic E-state index is 0.00510. The van der Waals surface area contributed by atoms with E-state index in [0.29, 0.717) is 11.3 Å². The van der Waals surface area contributed by atoms with Crippen LogP contribution in [0, 0.1) is 0 Å². The molecule has 0 spiro atoms. The molecule has 2 aromatic rings. The lowest BCUT2D eigenvalue weighted by molar-refractivity contribution is 0.0968. The summed E-state index contributed by atoms with van der Waals surface area (Å²) < 4.78 is 10.5. The van der Waals surface area contributed by atoms with Gasteiger partial charge in [-0.2, -0.15) is 0 Å². The molecule has 25 heavy (non-hydrogen) atoms. The summed E-state index contributed by atoms with van der Waals surface area (Å²) in [5, 5.41) is 2.75. The number of nitrogens with one attached hydrogen (secondary N) is 1. The maximum absolute atomic E-state index is 12.4. The predicted octanol–water partition coefficient (Wildman–Crippen LogP) is 3.51. The summed E-state index contributed by atoms with van der Waals surface area (Å²) in [7, 11) is 3.08. The van der Waals surface area contributed by atoms with Crippen LogP contribution in [-0.4, -0.2) is 26.1 Å². The van der Waals surface area contributed by atoms with Crippen LogP contribution in [0.1, 0.15) is 40.4 Å². The van der Waals surface area contributed by atoms with E-state index in [9.17, 15) is 4.79 Å². The first kappa shape index (κ1) is 17.0. The van der Waals surface area contributed by atoms with Gasteiger partial charge in [0.25, 0.3) is 11.9 Å². The zero-order valence-corrected chi connectivity index (χ0v) is 14.5. The summed E-state index contributed by atoms with van der Waals surface area (Å²) >= 11 is 0. The number of amidine groups is 1. The quantitative estimate of drug-likeness (QED) is 0.688. The number of aryl methyl sites for hydroxylation is 1. The summed E-state index contributed by atoms with van der Waals surface area (Å²) in [4.78, 5) is 17.1. The molecule has 5 heteroatoms. The molecule has 1 atom stereocenters. The van der Waals surface area contributed by atoms with Crippen LogP contribution >= 0.6 is 0 Å². The van der Waals surface area contributed by atoms with Crippen molar-refractivity contribution in [1.29, 1.82) is 0 Å². The van der Waals surface area contributed by atoms with Crippen molar-refractivity contribution in [3.63, 3.8) is 0 Å². The number of carbonyl (C=O) groups is 1. The molecular formula is C20H22N2O3. The highest BCUT2D eigenvalue weighted by Crippen LogP contribution is 2.32. The second kappa shape index (κ2) is 7.83. The molecule has 5 nitrogen and oxygen atoms in total. The molecule has 1 N–H and O–H groups in total. The molecule has 0 fully saturated rings. The molecule has 0 radical (unpaired) electrons. The first-order valence-electron chi connectivity index (χ1n) is 8.36. The van der Waals surface area contributed by atoms with Crippen LogP contribution in [0.5, 0.6) is 5.75 Å². The minimum atomic E-state index is -0.274. The molecule has 0 heterocycles. The van der Waals surface area contributed by atoms with Crippen molar-refractivity contribution in [2.75, 3.05) is 14.2 Å². The molecule has 0 bridgehead atoms. The van der Waals surface area contributed by atoms with E-state index in [0.717, 1.165) is 19.3 Å².